The largest absolute Gasteiger partial charge is 0.374 e. The van der Waals surface area contributed by atoms with Crippen LogP contribution in [0, 0.1) is 0 Å². The molecule has 0 aromatic rings. The van der Waals surface area contributed by atoms with E-state index in [0.717, 1.165) is 13.0 Å². The average Bonchev–Trinajstić information content (AvgIpc) is 1.89. The minimum atomic E-state index is -0.130. The van der Waals surface area contributed by atoms with Crippen molar-refractivity contribution in [1.82, 2.24) is 6.15 Å². The smallest absolute Gasteiger partial charge is 0.0748 e. The lowest BCUT2D eigenvalue weighted by atomic mass is 10.1. The second kappa shape index (κ2) is 6.58. The van der Waals surface area contributed by atoms with Crippen molar-refractivity contribution in [2.45, 2.75) is 39.2 Å². The SMILES string of the molecule is CCCCOC(C)(C)CN.N. The first-order valence-electron chi connectivity index (χ1n) is 3.96. The summed E-state index contributed by atoms with van der Waals surface area (Å²) in [4.78, 5) is 0. The van der Waals surface area contributed by atoms with Gasteiger partial charge < -0.3 is 16.6 Å². The molecule has 0 saturated carbocycles. The summed E-state index contributed by atoms with van der Waals surface area (Å²) in [6.45, 7) is 7.61. The third kappa shape index (κ3) is 7.78. The lowest BCUT2D eigenvalue weighted by Gasteiger charge is -2.22. The quantitative estimate of drug-likeness (QED) is 0.604. The Kier molecular flexibility index (Phi) is 8.06. The molecule has 11 heavy (non-hydrogen) atoms. The zero-order chi connectivity index (χ0) is 8.04. The van der Waals surface area contributed by atoms with Crippen LogP contribution in [0.3, 0.4) is 0 Å². The van der Waals surface area contributed by atoms with Crippen LogP contribution in [0.2, 0.25) is 0 Å². The van der Waals surface area contributed by atoms with E-state index in [1.54, 1.807) is 0 Å². The minimum Gasteiger partial charge on any atom is -0.374 e. The third-order valence-corrected chi connectivity index (χ3v) is 1.48. The van der Waals surface area contributed by atoms with Crippen molar-refractivity contribution >= 4 is 0 Å². The molecular weight excluding hydrogens is 140 g/mol. The third-order valence-electron chi connectivity index (χ3n) is 1.48. The number of nitrogens with two attached hydrogens (primary N) is 1. The molecule has 5 N–H and O–H groups in total. The van der Waals surface area contributed by atoms with Crippen LogP contribution in [0.5, 0.6) is 0 Å². The fraction of sp³-hybridized carbons (Fsp3) is 1.00. The molecule has 0 aliphatic carbocycles. The Morgan fingerprint density at radius 3 is 2.27 bits per heavy atom. The van der Waals surface area contributed by atoms with Gasteiger partial charge in [-0.3, -0.25) is 0 Å². The van der Waals surface area contributed by atoms with Gasteiger partial charge in [-0.25, -0.2) is 0 Å². The van der Waals surface area contributed by atoms with Crippen LogP contribution in [0.4, 0.5) is 0 Å². The van der Waals surface area contributed by atoms with Gasteiger partial charge in [0.15, 0.2) is 0 Å². The Morgan fingerprint density at radius 1 is 1.36 bits per heavy atom. The monoisotopic (exact) mass is 162 g/mol. The molecule has 0 aliphatic rings. The molecule has 0 heterocycles. The topological polar surface area (TPSA) is 70.2 Å². The van der Waals surface area contributed by atoms with Gasteiger partial charge in [0.05, 0.1) is 5.60 Å². The van der Waals surface area contributed by atoms with Gasteiger partial charge in [0, 0.05) is 13.2 Å². The van der Waals surface area contributed by atoms with Crippen molar-refractivity contribution < 1.29 is 4.74 Å². The summed E-state index contributed by atoms with van der Waals surface area (Å²) in [6, 6.07) is 0. The Bertz CT molecular complexity index is 84.2. The molecule has 0 rings (SSSR count). The minimum absolute atomic E-state index is 0. The van der Waals surface area contributed by atoms with Crippen molar-refractivity contribution in [2.24, 2.45) is 5.73 Å². The zero-order valence-corrected chi connectivity index (χ0v) is 8.02. The van der Waals surface area contributed by atoms with Crippen LogP contribution in [-0.2, 0) is 4.74 Å². The summed E-state index contributed by atoms with van der Waals surface area (Å²) >= 11 is 0. The second-order valence-electron chi connectivity index (χ2n) is 3.17. The highest BCUT2D eigenvalue weighted by Gasteiger charge is 2.14. The average molecular weight is 162 g/mol. The van der Waals surface area contributed by atoms with Crippen molar-refractivity contribution in [2.75, 3.05) is 13.2 Å². The maximum Gasteiger partial charge on any atom is 0.0748 e. The van der Waals surface area contributed by atoms with E-state index < -0.39 is 0 Å². The van der Waals surface area contributed by atoms with Crippen LogP contribution in [0.15, 0.2) is 0 Å². The van der Waals surface area contributed by atoms with E-state index in [-0.39, 0.29) is 11.8 Å². The van der Waals surface area contributed by atoms with E-state index in [2.05, 4.69) is 6.92 Å². The van der Waals surface area contributed by atoms with E-state index in [0.29, 0.717) is 6.54 Å². The summed E-state index contributed by atoms with van der Waals surface area (Å²) in [5, 5.41) is 0. The number of unbranched alkanes of at least 4 members (excludes halogenated alkanes) is 1. The van der Waals surface area contributed by atoms with Crippen LogP contribution in [-0.4, -0.2) is 18.8 Å². The molecule has 3 heteroatoms. The first-order chi connectivity index (χ1) is 4.62. The van der Waals surface area contributed by atoms with E-state index in [1.807, 2.05) is 13.8 Å². The van der Waals surface area contributed by atoms with E-state index in [1.165, 1.54) is 6.42 Å². The van der Waals surface area contributed by atoms with Crippen molar-refractivity contribution in [1.29, 1.82) is 0 Å². The highest BCUT2D eigenvalue weighted by Crippen LogP contribution is 2.06. The van der Waals surface area contributed by atoms with E-state index >= 15 is 0 Å². The van der Waals surface area contributed by atoms with Gasteiger partial charge in [-0.15, -0.1) is 0 Å². The van der Waals surface area contributed by atoms with Crippen LogP contribution < -0.4 is 11.9 Å². The van der Waals surface area contributed by atoms with Gasteiger partial charge in [0.1, 0.15) is 0 Å². The lowest BCUT2D eigenvalue weighted by Crippen LogP contribution is -2.34. The molecule has 0 amide bonds. The summed E-state index contributed by atoms with van der Waals surface area (Å²) in [6.07, 6.45) is 2.31. The van der Waals surface area contributed by atoms with Gasteiger partial charge in [-0.05, 0) is 20.3 Å². The van der Waals surface area contributed by atoms with Crippen LogP contribution >= 0.6 is 0 Å². The summed E-state index contributed by atoms with van der Waals surface area (Å²) in [7, 11) is 0. The molecule has 0 aromatic heterocycles. The molecule has 0 saturated heterocycles. The molecule has 0 radical (unpaired) electrons. The van der Waals surface area contributed by atoms with Gasteiger partial charge in [0.25, 0.3) is 0 Å². The van der Waals surface area contributed by atoms with Gasteiger partial charge in [-0.2, -0.15) is 0 Å². The number of ether oxygens (including phenoxy) is 1. The van der Waals surface area contributed by atoms with Gasteiger partial charge in [-0.1, -0.05) is 13.3 Å². The van der Waals surface area contributed by atoms with E-state index in [9.17, 15) is 0 Å². The van der Waals surface area contributed by atoms with Crippen molar-refractivity contribution in [3.05, 3.63) is 0 Å². The molecule has 0 spiro atoms. The Labute approximate surface area is 69.9 Å². The predicted octanol–water partition coefficient (Wildman–Crippen LogP) is 1.70. The maximum atomic E-state index is 5.49. The maximum absolute atomic E-state index is 5.49. The van der Waals surface area contributed by atoms with Crippen molar-refractivity contribution in [3.63, 3.8) is 0 Å². The first-order valence-corrected chi connectivity index (χ1v) is 3.96. The molecule has 0 aromatic carbocycles. The second-order valence-corrected chi connectivity index (χ2v) is 3.17. The highest BCUT2D eigenvalue weighted by atomic mass is 16.5. The van der Waals surface area contributed by atoms with Gasteiger partial charge >= 0.3 is 0 Å². The predicted molar refractivity (Wildman–Crippen MR) is 49.0 cm³/mol. The molecule has 0 bridgehead atoms. The van der Waals surface area contributed by atoms with E-state index in [4.69, 9.17) is 10.5 Å². The molecule has 0 aliphatic heterocycles. The first kappa shape index (κ1) is 13.5. The molecular formula is C8H22N2O. The standard InChI is InChI=1S/C8H19NO.H3N/c1-4-5-6-10-8(2,3)7-9;/h4-7,9H2,1-3H3;1H3. The number of hydrogen-bond donors (Lipinski definition) is 2. The van der Waals surface area contributed by atoms with Gasteiger partial charge in [0.2, 0.25) is 0 Å². The Morgan fingerprint density at radius 2 is 1.91 bits per heavy atom. The molecule has 0 atom stereocenters. The number of rotatable bonds is 5. The normalized spacial score (nSPS) is 10.9. The lowest BCUT2D eigenvalue weighted by molar-refractivity contribution is -0.0116. The Balaban J connectivity index is 0. The summed E-state index contributed by atoms with van der Waals surface area (Å²) in [5.74, 6) is 0. The zero-order valence-electron chi connectivity index (χ0n) is 8.02. The Hall–Kier alpha value is -0.120. The summed E-state index contributed by atoms with van der Waals surface area (Å²) < 4.78 is 5.49. The fourth-order valence-corrected chi connectivity index (χ4v) is 0.552. The molecule has 0 fully saturated rings. The molecule has 3 nitrogen and oxygen atoms in total. The van der Waals surface area contributed by atoms with Crippen LogP contribution in [0.25, 0.3) is 0 Å². The number of hydrogen-bond acceptors (Lipinski definition) is 3. The molecule has 0 unspecified atom stereocenters. The summed E-state index contributed by atoms with van der Waals surface area (Å²) in [5.41, 5.74) is 5.33. The van der Waals surface area contributed by atoms with Crippen LogP contribution in [0.1, 0.15) is 33.6 Å². The highest BCUT2D eigenvalue weighted by molar-refractivity contribution is 4.68. The van der Waals surface area contributed by atoms with Crippen molar-refractivity contribution in [3.8, 4) is 0 Å². The fourth-order valence-electron chi connectivity index (χ4n) is 0.552. The molecule has 70 valence electrons.